The van der Waals surface area contributed by atoms with Crippen LogP contribution in [0.3, 0.4) is 0 Å². The molecule has 1 aliphatic rings. The Morgan fingerprint density at radius 1 is 1.40 bits per heavy atom. The maximum absolute atomic E-state index is 11.5. The van der Waals surface area contributed by atoms with E-state index in [1.165, 1.54) is 12.3 Å². The van der Waals surface area contributed by atoms with Gasteiger partial charge >= 0.3 is 5.97 Å². The van der Waals surface area contributed by atoms with Crippen molar-refractivity contribution in [3.8, 4) is 11.5 Å². The average Bonchev–Trinajstić information content (AvgIpc) is 2.99. The fraction of sp³-hybridized carbons (Fsp3) is 0.214. The lowest BCUT2D eigenvalue weighted by atomic mass is 10.1. The molecular weight excluding hydrogens is 260 g/mol. The van der Waals surface area contributed by atoms with E-state index in [4.69, 9.17) is 8.94 Å². The molecule has 4 rings (SSSR count). The van der Waals surface area contributed by atoms with Gasteiger partial charge in [-0.05, 0) is 31.0 Å². The number of carboxylic acid groups (broad SMARTS) is 1. The molecule has 1 aliphatic carbocycles. The Labute approximate surface area is 113 Å². The fourth-order valence-corrected chi connectivity index (χ4v) is 2.33. The number of carbonyl (C=O) groups is 1. The minimum Gasteiger partial charge on any atom is -0.478 e. The SMILES string of the molecule is O=C(O)c1cc(-c2ccco2)nc2onc(C3CC3)c12. The summed E-state index contributed by atoms with van der Waals surface area (Å²) < 4.78 is 10.5. The summed E-state index contributed by atoms with van der Waals surface area (Å²) >= 11 is 0. The zero-order chi connectivity index (χ0) is 13.7. The molecular formula is C14H10N2O4. The molecule has 6 heteroatoms. The molecule has 1 N–H and O–H groups in total. The minimum atomic E-state index is -1.02. The van der Waals surface area contributed by atoms with Gasteiger partial charge in [0, 0.05) is 5.92 Å². The lowest BCUT2D eigenvalue weighted by Crippen LogP contribution is -2.00. The van der Waals surface area contributed by atoms with Gasteiger partial charge < -0.3 is 14.0 Å². The van der Waals surface area contributed by atoms with Crippen LogP contribution >= 0.6 is 0 Å². The molecule has 100 valence electrons. The maximum atomic E-state index is 11.5. The topological polar surface area (TPSA) is 89.4 Å². The maximum Gasteiger partial charge on any atom is 0.336 e. The number of pyridine rings is 1. The van der Waals surface area contributed by atoms with Crippen LogP contribution in [-0.2, 0) is 0 Å². The Morgan fingerprint density at radius 3 is 2.90 bits per heavy atom. The van der Waals surface area contributed by atoms with Gasteiger partial charge in [0.15, 0.2) is 5.76 Å². The average molecular weight is 270 g/mol. The Kier molecular flexibility index (Phi) is 2.20. The Hall–Kier alpha value is -2.63. The number of carboxylic acids is 1. The fourth-order valence-electron chi connectivity index (χ4n) is 2.33. The lowest BCUT2D eigenvalue weighted by Gasteiger charge is -2.01. The van der Waals surface area contributed by atoms with Gasteiger partial charge in [-0.15, -0.1) is 0 Å². The third kappa shape index (κ3) is 1.61. The summed E-state index contributed by atoms with van der Waals surface area (Å²) in [5.41, 5.74) is 1.54. The summed E-state index contributed by atoms with van der Waals surface area (Å²) in [5.74, 6) is -0.223. The number of nitrogens with zero attached hydrogens (tertiary/aromatic N) is 2. The van der Waals surface area contributed by atoms with Crippen molar-refractivity contribution in [3.05, 3.63) is 35.7 Å². The largest absolute Gasteiger partial charge is 0.478 e. The molecule has 1 saturated carbocycles. The second kappa shape index (κ2) is 3.93. The van der Waals surface area contributed by atoms with Crippen LogP contribution in [0.1, 0.15) is 34.8 Å². The van der Waals surface area contributed by atoms with Crippen LogP contribution in [0.4, 0.5) is 0 Å². The monoisotopic (exact) mass is 270 g/mol. The highest BCUT2D eigenvalue weighted by molar-refractivity contribution is 6.03. The predicted molar refractivity (Wildman–Crippen MR) is 68.4 cm³/mol. The van der Waals surface area contributed by atoms with Crippen LogP contribution in [0, 0.1) is 0 Å². The van der Waals surface area contributed by atoms with Crippen LogP contribution in [0.15, 0.2) is 33.4 Å². The quantitative estimate of drug-likeness (QED) is 0.786. The molecule has 0 amide bonds. The molecule has 0 spiro atoms. The van der Waals surface area contributed by atoms with Gasteiger partial charge in [0.25, 0.3) is 5.71 Å². The Bertz CT molecular complexity index is 800. The van der Waals surface area contributed by atoms with Crippen molar-refractivity contribution in [2.45, 2.75) is 18.8 Å². The highest BCUT2D eigenvalue weighted by Crippen LogP contribution is 2.43. The third-order valence-corrected chi connectivity index (χ3v) is 3.44. The van der Waals surface area contributed by atoms with E-state index in [1.807, 2.05) is 0 Å². The molecule has 0 radical (unpaired) electrons. The number of hydrogen-bond acceptors (Lipinski definition) is 5. The molecule has 0 saturated heterocycles. The summed E-state index contributed by atoms with van der Waals surface area (Å²) in [6, 6.07) is 4.95. The van der Waals surface area contributed by atoms with Gasteiger partial charge in [0.2, 0.25) is 0 Å². The molecule has 3 heterocycles. The summed E-state index contributed by atoms with van der Waals surface area (Å²) in [4.78, 5) is 15.8. The van der Waals surface area contributed by atoms with Crippen LogP contribution in [0.25, 0.3) is 22.6 Å². The second-order valence-electron chi connectivity index (χ2n) is 4.86. The number of aromatic carboxylic acids is 1. The number of hydrogen-bond donors (Lipinski definition) is 1. The van der Waals surface area contributed by atoms with E-state index < -0.39 is 5.97 Å². The third-order valence-electron chi connectivity index (χ3n) is 3.44. The molecule has 6 nitrogen and oxygen atoms in total. The van der Waals surface area contributed by atoms with Crippen molar-refractivity contribution in [2.75, 3.05) is 0 Å². The van der Waals surface area contributed by atoms with E-state index in [9.17, 15) is 9.90 Å². The van der Waals surface area contributed by atoms with E-state index in [0.717, 1.165) is 12.8 Å². The van der Waals surface area contributed by atoms with Gasteiger partial charge in [0.05, 0.1) is 22.9 Å². The van der Waals surface area contributed by atoms with Crippen LogP contribution < -0.4 is 0 Å². The number of furan rings is 1. The smallest absolute Gasteiger partial charge is 0.336 e. The van der Waals surface area contributed by atoms with E-state index in [1.54, 1.807) is 12.1 Å². The van der Waals surface area contributed by atoms with Crippen molar-refractivity contribution in [2.24, 2.45) is 0 Å². The highest BCUT2D eigenvalue weighted by Gasteiger charge is 2.32. The molecule has 0 bridgehead atoms. The van der Waals surface area contributed by atoms with Gasteiger partial charge in [-0.3, -0.25) is 0 Å². The summed E-state index contributed by atoms with van der Waals surface area (Å²) in [5, 5.41) is 13.9. The van der Waals surface area contributed by atoms with E-state index in [0.29, 0.717) is 28.5 Å². The van der Waals surface area contributed by atoms with Crippen molar-refractivity contribution in [3.63, 3.8) is 0 Å². The highest BCUT2D eigenvalue weighted by atomic mass is 16.5. The van der Waals surface area contributed by atoms with Crippen LogP contribution in [0.2, 0.25) is 0 Å². The van der Waals surface area contributed by atoms with E-state index >= 15 is 0 Å². The molecule has 0 aromatic carbocycles. The van der Waals surface area contributed by atoms with E-state index in [2.05, 4.69) is 10.1 Å². The number of aromatic nitrogens is 2. The number of fused-ring (bicyclic) bond motifs is 1. The first-order valence-corrected chi connectivity index (χ1v) is 6.31. The van der Waals surface area contributed by atoms with Crippen LogP contribution in [-0.4, -0.2) is 21.2 Å². The van der Waals surface area contributed by atoms with E-state index in [-0.39, 0.29) is 11.3 Å². The molecule has 0 aliphatic heterocycles. The van der Waals surface area contributed by atoms with Gasteiger partial charge in [-0.25, -0.2) is 9.78 Å². The summed E-state index contributed by atoms with van der Waals surface area (Å²) in [6.45, 7) is 0. The van der Waals surface area contributed by atoms with Crippen molar-refractivity contribution in [1.82, 2.24) is 10.1 Å². The normalized spacial score (nSPS) is 14.8. The number of rotatable bonds is 3. The molecule has 3 aromatic heterocycles. The zero-order valence-electron chi connectivity index (χ0n) is 10.4. The Balaban J connectivity index is 2.00. The second-order valence-corrected chi connectivity index (χ2v) is 4.86. The zero-order valence-corrected chi connectivity index (χ0v) is 10.4. The minimum absolute atomic E-state index is 0.157. The van der Waals surface area contributed by atoms with Crippen LogP contribution in [0.5, 0.6) is 0 Å². The molecule has 0 atom stereocenters. The first kappa shape index (κ1) is 11.2. The lowest BCUT2D eigenvalue weighted by molar-refractivity contribution is 0.0699. The predicted octanol–water partition coefficient (Wildman–Crippen LogP) is 3.06. The molecule has 0 unspecified atom stereocenters. The first-order valence-electron chi connectivity index (χ1n) is 6.31. The van der Waals surface area contributed by atoms with Gasteiger partial charge in [-0.1, -0.05) is 5.16 Å². The Morgan fingerprint density at radius 2 is 2.25 bits per heavy atom. The van der Waals surface area contributed by atoms with Gasteiger partial charge in [-0.2, -0.15) is 0 Å². The summed E-state index contributed by atoms with van der Waals surface area (Å²) in [6.07, 6.45) is 3.54. The van der Waals surface area contributed by atoms with Crippen molar-refractivity contribution >= 4 is 17.1 Å². The first-order chi connectivity index (χ1) is 9.74. The van der Waals surface area contributed by atoms with Crippen molar-refractivity contribution < 1.29 is 18.8 Å². The van der Waals surface area contributed by atoms with Crippen molar-refractivity contribution in [1.29, 1.82) is 0 Å². The van der Waals surface area contributed by atoms with Gasteiger partial charge in [0.1, 0.15) is 5.69 Å². The summed E-state index contributed by atoms with van der Waals surface area (Å²) in [7, 11) is 0. The molecule has 20 heavy (non-hydrogen) atoms. The molecule has 3 aromatic rings. The molecule has 1 fully saturated rings. The standard InChI is InChI=1S/C14H10N2O4/c17-14(18)8-6-9(10-2-1-5-19-10)15-13-11(8)12(16-20-13)7-3-4-7/h1-2,5-7H,3-4H2,(H,17,18).